The first-order valence-corrected chi connectivity index (χ1v) is 9.09. The second-order valence-corrected chi connectivity index (χ2v) is 6.61. The second-order valence-electron chi connectivity index (χ2n) is 6.20. The van der Waals surface area contributed by atoms with E-state index >= 15 is 0 Å². The van der Waals surface area contributed by atoms with Gasteiger partial charge in [0, 0.05) is 24.9 Å². The molecule has 1 heterocycles. The Labute approximate surface area is 167 Å². The van der Waals surface area contributed by atoms with Crippen LogP contribution in [0, 0.1) is 10.1 Å². The molecule has 0 fully saturated rings. The summed E-state index contributed by atoms with van der Waals surface area (Å²) in [4.78, 5) is 29.6. The molecule has 0 radical (unpaired) electrons. The van der Waals surface area contributed by atoms with Crippen molar-refractivity contribution in [1.82, 2.24) is 9.88 Å². The van der Waals surface area contributed by atoms with E-state index in [1.165, 1.54) is 18.2 Å². The fourth-order valence-corrected chi connectivity index (χ4v) is 3.01. The molecule has 0 unspecified atom stereocenters. The number of rotatable bonds is 7. The zero-order valence-electron chi connectivity index (χ0n) is 15.0. The largest absolute Gasteiger partial charge is 0.332 e. The Morgan fingerprint density at radius 3 is 2.50 bits per heavy atom. The van der Waals surface area contributed by atoms with Crippen molar-refractivity contribution in [2.45, 2.75) is 13.0 Å². The van der Waals surface area contributed by atoms with Crippen molar-refractivity contribution in [3.05, 3.63) is 105 Å². The molecule has 0 bridgehead atoms. The Hall–Kier alpha value is -3.25. The van der Waals surface area contributed by atoms with E-state index in [0.717, 1.165) is 11.3 Å². The standard InChI is InChI=1S/C21H18ClN3O3/c22-20-10-9-18(25(27)28)14-19(20)21(26)24(15-17-8-4-5-12-23-17)13-11-16-6-2-1-3-7-16/h1-10,12,14H,11,13,15H2. The maximum absolute atomic E-state index is 13.2. The van der Waals surface area contributed by atoms with Gasteiger partial charge in [0.25, 0.3) is 11.6 Å². The van der Waals surface area contributed by atoms with Gasteiger partial charge in [-0.1, -0.05) is 48.0 Å². The number of halogens is 1. The van der Waals surface area contributed by atoms with Gasteiger partial charge in [-0.05, 0) is 30.2 Å². The summed E-state index contributed by atoms with van der Waals surface area (Å²) >= 11 is 6.17. The number of nitro benzene ring substituents is 1. The van der Waals surface area contributed by atoms with Crippen LogP contribution in [-0.2, 0) is 13.0 Å². The first kappa shape index (κ1) is 19.5. The summed E-state index contributed by atoms with van der Waals surface area (Å²) < 4.78 is 0. The number of hydrogen-bond acceptors (Lipinski definition) is 4. The van der Waals surface area contributed by atoms with Crippen molar-refractivity contribution in [3.63, 3.8) is 0 Å². The second kappa shape index (κ2) is 9.10. The predicted octanol–water partition coefficient (Wildman–Crippen LogP) is 4.53. The molecule has 0 saturated carbocycles. The number of amides is 1. The van der Waals surface area contributed by atoms with Crippen LogP contribution < -0.4 is 0 Å². The van der Waals surface area contributed by atoms with Gasteiger partial charge >= 0.3 is 0 Å². The molecule has 0 aliphatic heterocycles. The topological polar surface area (TPSA) is 76.3 Å². The minimum Gasteiger partial charge on any atom is -0.332 e. The van der Waals surface area contributed by atoms with E-state index in [-0.39, 0.29) is 28.7 Å². The highest BCUT2D eigenvalue weighted by atomic mass is 35.5. The van der Waals surface area contributed by atoms with Gasteiger partial charge in [0.2, 0.25) is 0 Å². The van der Waals surface area contributed by atoms with Gasteiger partial charge in [0.1, 0.15) is 0 Å². The molecule has 142 valence electrons. The fourth-order valence-electron chi connectivity index (χ4n) is 2.81. The zero-order valence-corrected chi connectivity index (χ0v) is 15.7. The van der Waals surface area contributed by atoms with Gasteiger partial charge < -0.3 is 4.90 Å². The molecular formula is C21H18ClN3O3. The summed E-state index contributed by atoms with van der Waals surface area (Å²) in [6.07, 6.45) is 2.31. The molecule has 6 nitrogen and oxygen atoms in total. The van der Waals surface area contributed by atoms with Gasteiger partial charge in [-0.15, -0.1) is 0 Å². The number of hydrogen-bond donors (Lipinski definition) is 0. The van der Waals surface area contributed by atoms with E-state index in [9.17, 15) is 14.9 Å². The Morgan fingerprint density at radius 2 is 1.82 bits per heavy atom. The van der Waals surface area contributed by atoms with Crippen molar-refractivity contribution in [2.75, 3.05) is 6.54 Å². The van der Waals surface area contributed by atoms with Crippen molar-refractivity contribution in [3.8, 4) is 0 Å². The Balaban J connectivity index is 1.87. The van der Waals surface area contributed by atoms with Gasteiger partial charge in [0.05, 0.1) is 27.7 Å². The lowest BCUT2D eigenvalue weighted by atomic mass is 10.1. The summed E-state index contributed by atoms with van der Waals surface area (Å²) in [5, 5.41) is 11.3. The van der Waals surface area contributed by atoms with Crippen LogP contribution in [0.3, 0.4) is 0 Å². The minimum absolute atomic E-state index is 0.111. The number of nitro groups is 1. The maximum atomic E-state index is 13.2. The van der Waals surface area contributed by atoms with E-state index in [0.29, 0.717) is 13.0 Å². The summed E-state index contributed by atoms with van der Waals surface area (Å²) in [7, 11) is 0. The highest BCUT2D eigenvalue weighted by Crippen LogP contribution is 2.24. The van der Waals surface area contributed by atoms with Crippen LogP contribution in [0.4, 0.5) is 5.69 Å². The molecule has 1 aromatic heterocycles. The number of carbonyl (C=O) groups excluding carboxylic acids is 1. The van der Waals surface area contributed by atoms with E-state index in [1.54, 1.807) is 17.2 Å². The number of benzene rings is 2. The van der Waals surface area contributed by atoms with Crippen LogP contribution in [0.1, 0.15) is 21.6 Å². The molecule has 0 atom stereocenters. The average Bonchev–Trinajstić information content (AvgIpc) is 2.72. The summed E-state index contributed by atoms with van der Waals surface area (Å²) in [5.74, 6) is -0.365. The molecule has 3 rings (SSSR count). The summed E-state index contributed by atoms with van der Waals surface area (Å²) in [5.41, 5.74) is 1.75. The molecule has 0 aliphatic carbocycles. The lowest BCUT2D eigenvalue weighted by molar-refractivity contribution is -0.384. The molecule has 0 aliphatic rings. The van der Waals surface area contributed by atoms with Crippen LogP contribution in [0.25, 0.3) is 0 Å². The Kier molecular flexibility index (Phi) is 6.34. The minimum atomic E-state index is -0.541. The molecule has 0 saturated heterocycles. The van der Waals surface area contributed by atoms with E-state index < -0.39 is 4.92 Å². The average molecular weight is 396 g/mol. The van der Waals surface area contributed by atoms with Crippen molar-refractivity contribution < 1.29 is 9.72 Å². The first-order valence-electron chi connectivity index (χ1n) is 8.71. The van der Waals surface area contributed by atoms with Crippen LogP contribution >= 0.6 is 11.6 Å². The SMILES string of the molecule is O=C(c1cc([N+](=O)[O-])ccc1Cl)N(CCc1ccccc1)Cc1ccccn1. The highest BCUT2D eigenvalue weighted by molar-refractivity contribution is 6.33. The van der Waals surface area contributed by atoms with Crippen molar-refractivity contribution in [1.29, 1.82) is 0 Å². The van der Waals surface area contributed by atoms with E-state index in [4.69, 9.17) is 11.6 Å². The Morgan fingerprint density at radius 1 is 1.07 bits per heavy atom. The van der Waals surface area contributed by atoms with Gasteiger partial charge in [-0.2, -0.15) is 0 Å². The predicted molar refractivity (Wildman–Crippen MR) is 107 cm³/mol. The Bertz CT molecular complexity index is 965. The van der Waals surface area contributed by atoms with E-state index in [2.05, 4.69) is 4.98 Å². The maximum Gasteiger partial charge on any atom is 0.270 e. The van der Waals surface area contributed by atoms with Crippen LogP contribution in [-0.4, -0.2) is 27.3 Å². The number of pyridine rings is 1. The van der Waals surface area contributed by atoms with Crippen LogP contribution in [0.15, 0.2) is 72.9 Å². The number of non-ortho nitro benzene ring substituents is 1. The zero-order chi connectivity index (χ0) is 19.9. The lowest BCUT2D eigenvalue weighted by Crippen LogP contribution is -2.33. The molecule has 28 heavy (non-hydrogen) atoms. The third-order valence-corrected chi connectivity index (χ3v) is 4.60. The summed E-state index contributed by atoms with van der Waals surface area (Å²) in [6, 6.07) is 19.2. The van der Waals surface area contributed by atoms with Crippen molar-refractivity contribution >= 4 is 23.2 Å². The highest BCUT2D eigenvalue weighted by Gasteiger charge is 2.22. The van der Waals surface area contributed by atoms with Crippen LogP contribution in [0.5, 0.6) is 0 Å². The molecule has 3 aromatic rings. The smallest absolute Gasteiger partial charge is 0.270 e. The fraction of sp³-hybridized carbons (Fsp3) is 0.143. The molecular weight excluding hydrogens is 378 g/mol. The number of carbonyl (C=O) groups is 1. The normalized spacial score (nSPS) is 10.5. The first-order chi connectivity index (χ1) is 13.5. The van der Waals surface area contributed by atoms with Gasteiger partial charge in [-0.25, -0.2) is 0 Å². The molecule has 0 N–H and O–H groups in total. The quantitative estimate of drug-likeness (QED) is 0.435. The molecule has 1 amide bonds. The van der Waals surface area contributed by atoms with E-state index in [1.807, 2.05) is 42.5 Å². The van der Waals surface area contributed by atoms with Crippen LogP contribution in [0.2, 0.25) is 5.02 Å². The molecule has 2 aromatic carbocycles. The third kappa shape index (κ3) is 4.92. The monoisotopic (exact) mass is 395 g/mol. The summed E-state index contributed by atoms with van der Waals surface area (Å²) in [6.45, 7) is 0.712. The molecule has 0 spiro atoms. The lowest BCUT2D eigenvalue weighted by Gasteiger charge is -2.23. The van der Waals surface area contributed by atoms with Gasteiger partial charge in [0.15, 0.2) is 0 Å². The molecule has 7 heteroatoms. The third-order valence-electron chi connectivity index (χ3n) is 4.27. The van der Waals surface area contributed by atoms with Crippen molar-refractivity contribution in [2.24, 2.45) is 0 Å². The van der Waals surface area contributed by atoms with Gasteiger partial charge in [-0.3, -0.25) is 19.9 Å². The number of aromatic nitrogens is 1. The number of nitrogens with zero attached hydrogens (tertiary/aromatic N) is 3.